The molecule has 4 nitrogen and oxygen atoms in total. The van der Waals surface area contributed by atoms with Crippen molar-refractivity contribution in [3.8, 4) is 0 Å². The standard InChI is InChI=1S/H2N4/c1-3-4-2/h1-2H/b3-1+,4-2+/i/hD2. The van der Waals surface area contributed by atoms with Crippen LogP contribution in [0.1, 0.15) is 0 Å². The Balaban J connectivity index is 3.07. The third-order valence-electron chi connectivity index (χ3n) is 0.0400. The molecule has 0 aromatic rings. The Morgan fingerprint density at radius 3 is 2.25 bits per heavy atom. The highest BCUT2D eigenvalue weighted by molar-refractivity contribution is 3.69. The molecule has 0 aliphatic rings. The normalized spacial score (nSPS) is 18.0. The van der Waals surface area contributed by atoms with E-state index >= 15 is 0 Å². The highest BCUT2D eigenvalue weighted by Crippen LogP contribution is 1.53. The molecule has 0 aliphatic carbocycles. The fourth-order valence-corrected chi connectivity index (χ4v) is 0. The quantitative estimate of drug-likeness (QED) is 0.334. The first-order valence-electron chi connectivity index (χ1n) is 1.49. The van der Waals surface area contributed by atoms with Gasteiger partial charge in [-0.2, -0.15) is 11.0 Å². The summed E-state index contributed by atoms with van der Waals surface area (Å²) in [5.41, 5.74) is 4.84. The molecule has 0 saturated carbocycles. The van der Waals surface area contributed by atoms with Gasteiger partial charge in [-0.05, 0) is 10.4 Å². The molecule has 0 aromatic carbocycles. The van der Waals surface area contributed by atoms with E-state index in [4.69, 9.17) is 2.82 Å². The van der Waals surface area contributed by atoms with Crippen molar-refractivity contribution < 1.29 is 2.82 Å². The lowest BCUT2D eigenvalue weighted by molar-refractivity contribution is 0.867. The molecule has 0 saturated heterocycles. The molecule has 4 heavy (non-hydrogen) atoms. The lowest BCUT2D eigenvalue weighted by atomic mass is 12.6. The van der Waals surface area contributed by atoms with Crippen LogP contribution in [-0.4, -0.2) is 0 Å². The van der Waals surface area contributed by atoms with Gasteiger partial charge in [-0.1, -0.05) is 0 Å². The molecule has 0 amide bonds. The SMILES string of the molecule is [2H]/N=N/N=N/[2H]. The first kappa shape index (κ1) is 0.878. The average Bonchev–Trinajstić information content (AvgIpc) is 1.61. The summed E-state index contributed by atoms with van der Waals surface area (Å²) in [7, 11) is 0. The molecule has 0 radical (unpaired) electrons. The van der Waals surface area contributed by atoms with Gasteiger partial charge in [0.15, 0.2) is 0 Å². The van der Waals surface area contributed by atoms with E-state index in [1.165, 1.54) is 0 Å². The maximum Gasteiger partial charge on any atom is 0.216 e. The predicted octanol–water partition coefficient (Wildman–Crippen LogP) is 0.963. The van der Waals surface area contributed by atoms with Gasteiger partial charge in [0.1, 0.15) is 0 Å². The van der Waals surface area contributed by atoms with Gasteiger partial charge in [-0.25, -0.2) is 0 Å². The zero-order chi connectivity index (χ0) is 4.83. The summed E-state index contributed by atoms with van der Waals surface area (Å²) >= 11 is 0. The topological polar surface area (TPSA) is 72.4 Å². The van der Waals surface area contributed by atoms with Crippen molar-refractivity contribution in [2.75, 3.05) is 0 Å². The molecule has 0 aromatic heterocycles. The maximum atomic E-state index is 5.93. The minimum Gasteiger partial charge on any atom is -0.183 e. The zero-order valence-electron chi connectivity index (χ0n) is 3.79. The summed E-state index contributed by atoms with van der Waals surface area (Å²) in [5.74, 6) is 0. The number of nitrogens with zero attached hydrogens (tertiary/aromatic N) is 2. The Kier molecular flexibility index (Phi) is 0.483. The Morgan fingerprint density at radius 2 is 2.00 bits per heavy atom. The van der Waals surface area contributed by atoms with Gasteiger partial charge in [-0.3, -0.25) is 0 Å². The van der Waals surface area contributed by atoms with Crippen molar-refractivity contribution in [2.24, 2.45) is 10.4 Å². The van der Waals surface area contributed by atoms with E-state index in [2.05, 4.69) is 21.5 Å². The van der Waals surface area contributed by atoms with E-state index < -0.39 is 0 Å². The molecule has 0 spiro atoms. The van der Waals surface area contributed by atoms with Crippen molar-refractivity contribution in [1.29, 1.82) is 11.0 Å². The van der Waals surface area contributed by atoms with Crippen LogP contribution in [0.4, 0.5) is 0 Å². The second kappa shape index (κ2) is 2.20. The van der Waals surface area contributed by atoms with E-state index in [9.17, 15) is 0 Å². The Hall–Kier alpha value is -0.800. The fourth-order valence-electron chi connectivity index (χ4n) is 0. The van der Waals surface area contributed by atoms with E-state index in [-0.39, 0.29) is 0 Å². The average molecular weight is 60.1 g/mol. The Labute approximate surface area is 25.7 Å². The largest absolute Gasteiger partial charge is 0.216 e. The molecular weight excluding hydrogens is 56.0 g/mol. The van der Waals surface area contributed by atoms with Crippen molar-refractivity contribution in [3.63, 3.8) is 0 Å². The molecule has 0 fully saturated rings. The van der Waals surface area contributed by atoms with Gasteiger partial charge in [-0.15, -0.1) is 0 Å². The Morgan fingerprint density at radius 1 is 1.50 bits per heavy atom. The monoisotopic (exact) mass is 60.0 g/mol. The first-order chi connectivity index (χ1) is 2.91. The van der Waals surface area contributed by atoms with E-state index in [0.29, 0.717) is 0 Å². The van der Waals surface area contributed by atoms with E-state index in [0.717, 1.165) is 0 Å². The highest BCUT2D eigenvalue weighted by Gasteiger charge is 1.30. The molecule has 0 rings (SSSR count). The molecule has 0 atom stereocenters. The summed E-state index contributed by atoms with van der Waals surface area (Å²) in [6.45, 7) is 0. The third kappa shape index (κ3) is 1.20. The summed E-state index contributed by atoms with van der Waals surface area (Å²) in [6.07, 6.45) is 0. The van der Waals surface area contributed by atoms with Gasteiger partial charge in [0, 0.05) is 0 Å². The van der Waals surface area contributed by atoms with Crippen LogP contribution >= 0.6 is 0 Å². The van der Waals surface area contributed by atoms with Gasteiger partial charge in [0.2, 0.25) is 2.82 Å². The molecule has 2 N–H and O–H groups in total. The number of hydrogen-bond donors (Lipinski definition) is 2. The molecule has 0 aliphatic heterocycles. The van der Waals surface area contributed by atoms with Crippen LogP contribution in [0.15, 0.2) is 10.4 Å². The summed E-state index contributed by atoms with van der Waals surface area (Å²) < 4.78 is 11.9. The van der Waals surface area contributed by atoms with Crippen LogP contribution in [0.25, 0.3) is 0 Å². The van der Waals surface area contributed by atoms with Crippen LogP contribution in [0.5, 0.6) is 0 Å². The summed E-state index contributed by atoms with van der Waals surface area (Å²) in [4.78, 5) is 0. The summed E-state index contributed by atoms with van der Waals surface area (Å²) in [5, 5.41) is 5.31. The molecule has 0 unspecified atom stereocenters. The lowest BCUT2D eigenvalue weighted by Crippen LogP contribution is -1.20. The second-order valence-electron chi connectivity index (χ2n) is 0.179. The van der Waals surface area contributed by atoms with E-state index in [1.54, 1.807) is 0 Å². The molecule has 0 heterocycles. The lowest BCUT2D eigenvalue weighted by Gasteiger charge is -1.43. The van der Waals surface area contributed by atoms with Gasteiger partial charge >= 0.3 is 0 Å². The third-order valence-corrected chi connectivity index (χ3v) is 0.0400. The van der Waals surface area contributed by atoms with E-state index in [1.807, 2.05) is 0 Å². The smallest absolute Gasteiger partial charge is 0.183 e. The van der Waals surface area contributed by atoms with Gasteiger partial charge in [0.05, 0.1) is 0 Å². The van der Waals surface area contributed by atoms with Crippen molar-refractivity contribution in [2.45, 2.75) is 0 Å². The fraction of sp³-hybridized carbons (Fsp3) is 0. The zero-order valence-corrected chi connectivity index (χ0v) is 1.79. The van der Waals surface area contributed by atoms with Crippen LogP contribution < -0.4 is 0 Å². The minimum absolute atomic E-state index is 2.42. The van der Waals surface area contributed by atoms with Crippen LogP contribution in [0, 0.1) is 11.0 Å². The summed E-state index contributed by atoms with van der Waals surface area (Å²) in [6, 6.07) is 0. The first-order valence-corrected chi connectivity index (χ1v) is 0.600. The minimum atomic E-state index is 2.42. The molecule has 0 bridgehead atoms. The van der Waals surface area contributed by atoms with Crippen LogP contribution in [0.3, 0.4) is 0 Å². The number of rotatable bonds is 1. The van der Waals surface area contributed by atoms with Crippen molar-refractivity contribution in [1.82, 2.24) is 0 Å². The second-order valence-corrected chi connectivity index (χ2v) is 0.179. The number of nitrogens with one attached hydrogen (secondary N) is 2. The predicted molar refractivity (Wildman–Crippen MR) is 10.3 cm³/mol. The van der Waals surface area contributed by atoms with Gasteiger partial charge in [0.25, 0.3) is 0 Å². The molecule has 22 valence electrons. The van der Waals surface area contributed by atoms with Crippen molar-refractivity contribution in [3.05, 3.63) is 0 Å². The van der Waals surface area contributed by atoms with Crippen LogP contribution in [0.2, 0.25) is 2.82 Å². The molecule has 4 heteroatoms. The highest BCUT2D eigenvalue weighted by atomic mass is 15.4. The number of hydrogen-bond acceptors (Lipinski definition) is 2. The molecular formula is H2N4. The van der Waals surface area contributed by atoms with Crippen molar-refractivity contribution >= 4 is 0 Å². The van der Waals surface area contributed by atoms with Gasteiger partial charge < -0.3 is 0 Å². The Bertz CT molecular complexity index is 53.9. The van der Waals surface area contributed by atoms with Crippen LogP contribution in [-0.2, 0) is 0 Å². The maximum absolute atomic E-state index is 5.93.